The highest BCUT2D eigenvalue weighted by Gasteiger charge is 2.36. The van der Waals surface area contributed by atoms with Crippen LogP contribution in [0.3, 0.4) is 0 Å². The topological polar surface area (TPSA) is 79.0 Å². The highest BCUT2D eigenvalue weighted by molar-refractivity contribution is 6.30. The van der Waals surface area contributed by atoms with Gasteiger partial charge in [0.25, 0.3) is 5.56 Å². The van der Waals surface area contributed by atoms with Gasteiger partial charge in [-0.1, -0.05) is 103 Å². The molecule has 0 radical (unpaired) electrons. The summed E-state index contributed by atoms with van der Waals surface area (Å²) in [7, 11) is 0. The van der Waals surface area contributed by atoms with Crippen LogP contribution in [-0.2, 0) is 9.47 Å². The molecular weight excluding hydrogens is 588 g/mol. The number of hydrogen-bond acceptors (Lipinski definition) is 5. The zero-order valence-corrected chi connectivity index (χ0v) is 25.5. The molecule has 0 amide bonds. The second-order valence-corrected chi connectivity index (χ2v) is 10.6. The van der Waals surface area contributed by atoms with Gasteiger partial charge in [0.1, 0.15) is 16.6 Å². The van der Waals surface area contributed by atoms with E-state index in [0.29, 0.717) is 33.4 Å². The molecule has 0 saturated heterocycles. The Bertz CT molecular complexity index is 2070. The van der Waals surface area contributed by atoms with Gasteiger partial charge in [0, 0.05) is 21.8 Å². The number of benzene rings is 4. The van der Waals surface area contributed by atoms with Crippen LogP contribution in [0.4, 0.5) is 0 Å². The third-order valence-corrected chi connectivity index (χ3v) is 7.69. The van der Waals surface area contributed by atoms with Crippen LogP contribution < -0.4 is 5.56 Å². The molecule has 0 unspecified atom stereocenters. The van der Waals surface area contributed by atoms with Crippen LogP contribution in [0.25, 0.3) is 45.0 Å². The molecule has 0 fully saturated rings. The first kappa shape index (κ1) is 29.7. The predicted octanol–water partition coefficient (Wildman–Crippen LogP) is 8.10. The number of ether oxygens (including phenoxy) is 2. The summed E-state index contributed by atoms with van der Waals surface area (Å²) in [6.07, 6.45) is 0. The number of rotatable bonds is 8. The smallest absolute Gasteiger partial charge is 0.341 e. The number of carbonyl (C=O) groups excluding carboxylic acids is 2. The minimum atomic E-state index is -0.804. The Balaban J connectivity index is 1.97. The molecule has 0 spiro atoms. The fourth-order valence-corrected chi connectivity index (χ4v) is 5.78. The van der Waals surface area contributed by atoms with E-state index in [-0.39, 0.29) is 29.9 Å². The summed E-state index contributed by atoms with van der Waals surface area (Å²) in [6.45, 7) is 3.45. The monoisotopic (exact) mass is 616 g/mol. The molecular formula is C37H29ClN2O5. The molecule has 45 heavy (non-hydrogen) atoms. The summed E-state index contributed by atoms with van der Waals surface area (Å²) in [6, 6.07) is 35.2. The summed E-state index contributed by atoms with van der Waals surface area (Å²) < 4.78 is 14.3. The maximum atomic E-state index is 15.0. The molecule has 0 aliphatic heterocycles. The second-order valence-electron chi connectivity index (χ2n) is 10.1. The van der Waals surface area contributed by atoms with E-state index in [1.807, 2.05) is 91.0 Å². The predicted molar refractivity (Wildman–Crippen MR) is 176 cm³/mol. The van der Waals surface area contributed by atoms with Gasteiger partial charge in [-0.25, -0.2) is 9.59 Å². The summed E-state index contributed by atoms with van der Waals surface area (Å²) in [4.78, 5) is 42.8. The Morgan fingerprint density at radius 2 is 1.07 bits per heavy atom. The van der Waals surface area contributed by atoms with Crippen LogP contribution >= 0.6 is 11.6 Å². The quantitative estimate of drug-likeness (QED) is 0.161. The molecule has 8 heteroatoms. The van der Waals surface area contributed by atoms with Crippen molar-refractivity contribution in [2.45, 2.75) is 13.8 Å². The molecule has 4 aromatic carbocycles. The number of para-hydroxylation sites is 1. The summed E-state index contributed by atoms with van der Waals surface area (Å²) in [5.74, 6) is -1.55. The minimum Gasteiger partial charge on any atom is -0.462 e. The Morgan fingerprint density at radius 1 is 0.600 bits per heavy atom. The fraction of sp³-hybridized carbons (Fsp3) is 0.108. The molecule has 0 N–H and O–H groups in total. The number of aromatic nitrogens is 2. The standard InChI is InChI=1S/C37H29ClN2O5/c1-3-44-36(42)29-30(37(43)45-4-2)34-35(41)39(28-18-12-7-13-19-28)32(24-14-8-5-9-15-24)33(25-16-10-6-11-17-25)40(34)31(29)26-20-22-27(38)23-21-26/h5-23H,3-4H2,1-2H3. The van der Waals surface area contributed by atoms with Gasteiger partial charge in [-0.05, 0) is 43.7 Å². The molecule has 0 aliphatic rings. The molecule has 0 atom stereocenters. The molecule has 2 aromatic heterocycles. The fourth-order valence-electron chi connectivity index (χ4n) is 5.65. The molecule has 6 aromatic rings. The first-order valence-corrected chi connectivity index (χ1v) is 15.0. The third kappa shape index (κ3) is 5.32. The number of halogens is 1. The van der Waals surface area contributed by atoms with E-state index in [4.69, 9.17) is 21.1 Å². The summed E-state index contributed by atoms with van der Waals surface area (Å²) >= 11 is 6.29. The van der Waals surface area contributed by atoms with Crippen LogP contribution in [0.5, 0.6) is 0 Å². The Labute approximate surface area is 264 Å². The second kappa shape index (κ2) is 12.7. The van der Waals surface area contributed by atoms with Gasteiger partial charge in [0.05, 0.1) is 30.3 Å². The molecule has 224 valence electrons. The molecule has 2 heterocycles. The van der Waals surface area contributed by atoms with E-state index in [9.17, 15) is 9.59 Å². The Morgan fingerprint density at radius 3 is 1.60 bits per heavy atom. The van der Waals surface area contributed by atoms with Crippen LogP contribution in [-0.4, -0.2) is 34.1 Å². The molecule has 7 nitrogen and oxygen atoms in total. The van der Waals surface area contributed by atoms with Crippen molar-refractivity contribution in [3.63, 3.8) is 0 Å². The number of fused-ring (bicyclic) bond motifs is 1. The van der Waals surface area contributed by atoms with E-state index < -0.39 is 17.5 Å². The maximum absolute atomic E-state index is 15.0. The van der Waals surface area contributed by atoms with E-state index in [2.05, 4.69) is 0 Å². The lowest BCUT2D eigenvalue weighted by molar-refractivity contribution is 0.0482. The molecule has 0 aliphatic carbocycles. The van der Waals surface area contributed by atoms with Crippen molar-refractivity contribution in [1.29, 1.82) is 0 Å². The van der Waals surface area contributed by atoms with Crippen LogP contribution in [0.1, 0.15) is 34.6 Å². The van der Waals surface area contributed by atoms with Crippen molar-refractivity contribution < 1.29 is 19.1 Å². The van der Waals surface area contributed by atoms with Crippen molar-refractivity contribution in [3.8, 4) is 39.5 Å². The van der Waals surface area contributed by atoms with Gasteiger partial charge in [-0.15, -0.1) is 0 Å². The lowest BCUT2D eigenvalue weighted by Crippen LogP contribution is -2.25. The van der Waals surface area contributed by atoms with Crippen molar-refractivity contribution in [2.75, 3.05) is 13.2 Å². The van der Waals surface area contributed by atoms with Crippen molar-refractivity contribution >= 4 is 29.1 Å². The average Bonchev–Trinajstić information content (AvgIpc) is 3.43. The van der Waals surface area contributed by atoms with Gasteiger partial charge < -0.3 is 13.9 Å². The van der Waals surface area contributed by atoms with Crippen molar-refractivity contribution in [1.82, 2.24) is 8.97 Å². The third-order valence-electron chi connectivity index (χ3n) is 7.43. The van der Waals surface area contributed by atoms with Gasteiger partial charge in [-0.3, -0.25) is 9.36 Å². The lowest BCUT2D eigenvalue weighted by atomic mass is 10.0. The molecule has 6 rings (SSSR count). The van der Waals surface area contributed by atoms with Crippen LogP contribution in [0.15, 0.2) is 120 Å². The average molecular weight is 617 g/mol. The van der Waals surface area contributed by atoms with Gasteiger partial charge in [0.2, 0.25) is 0 Å². The first-order valence-electron chi connectivity index (χ1n) is 14.6. The highest BCUT2D eigenvalue weighted by atomic mass is 35.5. The Kier molecular flexibility index (Phi) is 8.36. The number of carbonyl (C=O) groups is 2. The van der Waals surface area contributed by atoms with Gasteiger partial charge in [0.15, 0.2) is 0 Å². The number of esters is 2. The summed E-state index contributed by atoms with van der Waals surface area (Å²) in [5.41, 5.74) is 3.39. The highest BCUT2D eigenvalue weighted by Crippen LogP contribution is 2.41. The first-order chi connectivity index (χ1) is 22.0. The van der Waals surface area contributed by atoms with Crippen LogP contribution in [0, 0.1) is 0 Å². The normalized spacial score (nSPS) is 11.0. The largest absolute Gasteiger partial charge is 0.462 e. The van der Waals surface area contributed by atoms with E-state index in [0.717, 1.165) is 11.1 Å². The lowest BCUT2D eigenvalue weighted by Gasteiger charge is -2.22. The maximum Gasteiger partial charge on any atom is 0.341 e. The zero-order valence-electron chi connectivity index (χ0n) is 24.7. The zero-order chi connectivity index (χ0) is 31.5. The van der Waals surface area contributed by atoms with E-state index in [1.165, 1.54) is 0 Å². The van der Waals surface area contributed by atoms with E-state index in [1.54, 1.807) is 47.1 Å². The van der Waals surface area contributed by atoms with Crippen LogP contribution in [0.2, 0.25) is 5.02 Å². The minimum absolute atomic E-state index is 0.0103. The van der Waals surface area contributed by atoms with E-state index >= 15 is 4.79 Å². The molecule has 0 bridgehead atoms. The summed E-state index contributed by atoms with van der Waals surface area (Å²) in [5, 5.41) is 0.489. The Hall–Kier alpha value is -5.40. The van der Waals surface area contributed by atoms with Gasteiger partial charge >= 0.3 is 11.9 Å². The number of nitrogens with zero attached hydrogens (tertiary/aromatic N) is 2. The SMILES string of the molecule is CCOC(=O)c1c(C(=O)OCC)c2c(=O)n(-c3ccccc3)c(-c3ccccc3)c(-c3ccccc3)n2c1-c1ccc(Cl)cc1. The molecule has 0 saturated carbocycles. The number of hydrogen-bond donors (Lipinski definition) is 0. The van der Waals surface area contributed by atoms with Gasteiger partial charge in [-0.2, -0.15) is 0 Å². The van der Waals surface area contributed by atoms with Crippen molar-refractivity contribution in [2.24, 2.45) is 0 Å². The van der Waals surface area contributed by atoms with Crippen molar-refractivity contribution in [3.05, 3.63) is 142 Å².